The van der Waals surface area contributed by atoms with Crippen LogP contribution >= 0.6 is 11.8 Å². The average Bonchev–Trinajstić information content (AvgIpc) is 2.85. The maximum atomic E-state index is 5.63. The number of nitrogens with zero attached hydrogens (tertiary/aromatic N) is 2. The van der Waals surface area contributed by atoms with Gasteiger partial charge in [0, 0.05) is 24.0 Å². The Kier molecular flexibility index (Phi) is 5.03. The summed E-state index contributed by atoms with van der Waals surface area (Å²) in [7, 11) is 1.96. The van der Waals surface area contributed by atoms with Crippen LogP contribution in [0.25, 0.3) is 0 Å². The summed E-state index contributed by atoms with van der Waals surface area (Å²) >= 11 is 1.87. The Morgan fingerprint density at radius 2 is 2.33 bits per heavy atom. The van der Waals surface area contributed by atoms with Gasteiger partial charge >= 0.3 is 0 Å². The van der Waals surface area contributed by atoms with Crippen molar-refractivity contribution in [3.63, 3.8) is 0 Å². The molecule has 18 heavy (non-hydrogen) atoms. The van der Waals surface area contributed by atoms with Gasteiger partial charge < -0.3 is 14.6 Å². The van der Waals surface area contributed by atoms with Crippen LogP contribution in [-0.2, 0) is 11.2 Å². The van der Waals surface area contributed by atoms with Crippen LogP contribution in [0, 0.1) is 5.92 Å². The predicted molar refractivity (Wildman–Crippen MR) is 71.7 cm³/mol. The first kappa shape index (κ1) is 13.8. The second-order valence-electron chi connectivity index (χ2n) is 4.82. The van der Waals surface area contributed by atoms with Gasteiger partial charge in [-0.25, -0.2) is 0 Å². The summed E-state index contributed by atoms with van der Waals surface area (Å²) in [6, 6.07) is 0.361. The fraction of sp³-hybridized carbons (Fsp3) is 0.833. The van der Waals surface area contributed by atoms with E-state index >= 15 is 0 Å². The maximum absolute atomic E-state index is 5.63. The van der Waals surface area contributed by atoms with E-state index < -0.39 is 0 Å². The Balaban J connectivity index is 1.96. The van der Waals surface area contributed by atoms with E-state index in [0.29, 0.717) is 23.7 Å². The monoisotopic (exact) mass is 271 g/mol. The predicted octanol–water partition coefficient (Wildman–Crippen LogP) is 1.66. The summed E-state index contributed by atoms with van der Waals surface area (Å²) in [6.45, 7) is 5.13. The molecular formula is C12H21N3O2S. The molecule has 0 amide bonds. The third-order valence-electron chi connectivity index (χ3n) is 3.16. The first-order chi connectivity index (χ1) is 8.70. The number of hydrogen-bond donors (Lipinski definition) is 1. The van der Waals surface area contributed by atoms with Gasteiger partial charge in [0.15, 0.2) is 0 Å². The van der Waals surface area contributed by atoms with E-state index in [1.807, 2.05) is 18.8 Å². The van der Waals surface area contributed by atoms with Crippen LogP contribution < -0.4 is 5.32 Å². The normalized spacial score (nSPS) is 22.3. The molecule has 102 valence electrons. The first-order valence-electron chi connectivity index (χ1n) is 6.39. The topological polar surface area (TPSA) is 60.2 Å². The van der Waals surface area contributed by atoms with Gasteiger partial charge in [0.25, 0.3) is 0 Å². The SMILES string of the molecule is CNC(Cc1nc(C2CSCCO2)no1)C(C)C. The zero-order valence-electron chi connectivity index (χ0n) is 11.2. The fourth-order valence-electron chi connectivity index (χ4n) is 1.98. The molecule has 1 fully saturated rings. The molecule has 2 atom stereocenters. The van der Waals surface area contributed by atoms with Crippen molar-refractivity contribution in [2.45, 2.75) is 32.4 Å². The molecule has 6 heteroatoms. The zero-order chi connectivity index (χ0) is 13.0. The van der Waals surface area contributed by atoms with Crippen LogP contribution in [0.5, 0.6) is 0 Å². The molecule has 0 radical (unpaired) electrons. The van der Waals surface area contributed by atoms with E-state index in [0.717, 1.165) is 24.5 Å². The van der Waals surface area contributed by atoms with Crippen molar-refractivity contribution in [2.24, 2.45) is 5.92 Å². The van der Waals surface area contributed by atoms with E-state index in [4.69, 9.17) is 9.26 Å². The molecule has 0 spiro atoms. The third kappa shape index (κ3) is 3.46. The largest absolute Gasteiger partial charge is 0.368 e. The molecule has 1 aromatic heterocycles. The van der Waals surface area contributed by atoms with Gasteiger partial charge in [0.2, 0.25) is 11.7 Å². The molecule has 1 aliphatic rings. The van der Waals surface area contributed by atoms with E-state index in [1.54, 1.807) is 0 Å². The number of ether oxygens (including phenoxy) is 1. The summed E-state index contributed by atoms with van der Waals surface area (Å²) in [6.07, 6.45) is 0.759. The number of hydrogen-bond acceptors (Lipinski definition) is 6. The highest BCUT2D eigenvalue weighted by Crippen LogP contribution is 2.24. The number of aromatic nitrogens is 2. The summed E-state index contributed by atoms with van der Waals surface area (Å²) in [4.78, 5) is 4.45. The molecule has 2 unspecified atom stereocenters. The lowest BCUT2D eigenvalue weighted by molar-refractivity contribution is 0.0677. The van der Waals surface area contributed by atoms with Gasteiger partial charge in [-0.05, 0) is 13.0 Å². The zero-order valence-corrected chi connectivity index (χ0v) is 12.0. The van der Waals surface area contributed by atoms with E-state index in [-0.39, 0.29) is 6.10 Å². The van der Waals surface area contributed by atoms with Crippen molar-refractivity contribution in [2.75, 3.05) is 25.2 Å². The van der Waals surface area contributed by atoms with Gasteiger partial charge in [-0.3, -0.25) is 0 Å². The minimum Gasteiger partial charge on any atom is -0.368 e. The molecule has 1 aliphatic heterocycles. The molecule has 1 N–H and O–H groups in total. The molecule has 0 saturated carbocycles. The van der Waals surface area contributed by atoms with Gasteiger partial charge in [-0.2, -0.15) is 16.7 Å². The van der Waals surface area contributed by atoms with Gasteiger partial charge in [-0.1, -0.05) is 19.0 Å². The number of likely N-dealkylation sites (N-methyl/N-ethyl adjacent to an activating group) is 1. The van der Waals surface area contributed by atoms with E-state index in [9.17, 15) is 0 Å². The van der Waals surface area contributed by atoms with Crippen molar-refractivity contribution in [3.8, 4) is 0 Å². The molecule has 2 rings (SSSR count). The number of thioether (sulfide) groups is 1. The second-order valence-corrected chi connectivity index (χ2v) is 5.97. The molecule has 2 heterocycles. The average molecular weight is 271 g/mol. The summed E-state index contributed by atoms with van der Waals surface area (Å²) < 4.78 is 10.9. The first-order valence-corrected chi connectivity index (χ1v) is 7.55. The third-order valence-corrected chi connectivity index (χ3v) is 4.15. The van der Waals surface area contributed by atoms with Gasteiger partial charge in [0.05, 0.1) is 6.61 Å². The minimum atomic E-state index is -0.00617. The van der Waals surface area contributed by atoms with Crippen LogP contribution in [0.3, 0.4) is 0 Å². The molecule has 0 bridgehead atoms. The minimum absolute atomic E-state index is 0.00617. The summed E-state index contributed by atoms with van der Waals surface area (Å²) in [5.74, 6) is 3.88. The van der Waals surface area contributed by atoms with E-state index in [2.05, 4.69) is 29.3 Å². The highest BCUT2D eigenvalue weighted by molar-refractivity contribution is 7.99. The van der Waals surface area contributed by atoms with Gasteiger partial charge in [0.1, 0.15) is 6.10 Å². The van der Waals surface area contributed by atoms with Gasteiger partial charge in [-0.15, -0.1) is 0 Å². The van der Waals surface area contributed by atoms with Crippen LogP contribution in [0.15, 0.2) is 4.52 Å². The molecule has 5 nitrogen and oxygen atoms in total. The summed E-state index contributed by atoms with van der Waals surface area (Å²) in [5, 5.41) is 7.31. The lowest BCUT2D eigenvalue weighted by Crippen LogP contribution is -2.32. The molecule has 0 aliphatic carbocycles. The smallest absolute Gasteiger partial charge is 0.228 e. The van der Waals surface area contributed by atoms with Crippen molar-refractivity contribution < 1.29 is 9.26 Å². The standard InChI is InChI=1S/C12H21N3O2S/c1-8(2)9(13-3)6-11-14-12(15-17-11)10-7-18-5-4-16-10/h8-10,13H,4-7H2,1-3H3. The van der Waals surface area contributed by atoms with Crippen LogP contribution in [0.4, 0.5) is 0 Å². The Labute approximate surface area is 112 Å². The fourth-order valence-corrected chi connectivity index (χ4v) is 2.82. The Hall–Kier alpha value is -0.590. The molecule has 0 aromatic carbocycles. The second kappa shape index (κ2) is 6.54. The summed E-state index contributed by atoms with van der Waals surface area (Å²) in [5.41, 5.74) is 0. The van der Waals surface area contributed by atoms with Crippen molar-refractivity contribution in [1.29, 1.82) is 0 Å². The van der Waals surface area contributed by atoms with Crippen molar-refractivity contribution in [1.82, 2.24) is 15.5 Å². The molecular weight excluding hydrogens is 250 g/mol. The van der Waals surface area contributed by atoms with Crippen molar-refractivity contribution in [3.05, 3.63) is 11.7 Å². The highest BCUT2D eigenvalue weighted by Gasteiger charge is 2.23. The highest BCUT2D eigenvalue weighted by atomic mass is 32.2. The van der Waals surface area contributed by atoms with Crippen molar-refractivity contribution >= 4 is 11.8 Å². The Morgan fingerprint density at radius 3 is 2.94 bits per heavy atom. The Bertz CT molecular complexity index is 364. The Morgan fingerprint density at radius 1 is 1.50 bits per heavy atom. The van der Waals surface area contributed by atoms with E-state index in [1.165, 1.54) is 0 Å². The van der Waals surface area contributed by atoms with Crippen LogP contribution in [0.1, 0.15) is 31.7 Å². The quantitative estimate of drug-likeness (QED) is 0.879. The lowest BCUT2D eigenvalue weighted by Gasteiger charge is -2.19. The molecule has 1 saturated heterocycles. The van der Waals surface area contributed by atoms with Crippen LogP contribution in [0.2, 0.25) is 0 Å². The maximum Gasteiger partial charge on any atom is 0.228 e. The number of rotatable bonds is 5. The lowest BCUT2D eigenvalue weighted by atomic mass is 10.0. The number of nitrogens with one attached hydrogen (secondary N) is 1. The molecule has 1 aromatic rings. The van der Waals surface area contributed by atoms with Crippen LogP contribution in [-0.4, -0.2) is 41.3 Å².